The van der Waals surface area contributed by atoms with Crippen LogP contribution in [-0.4, -0.2) is 44.3 Å². The third-order valence-corrected chi connectivity index (χ3v) is 7.85. The Hall–Kier alpha value is -3.65. The summed E-state index contributed by atoms with van der Waals surface area (Å²) in [6.07, 6.45) is 1.16. The topological polar surface area (TPSA) is 86.8 Å². The maximum absolute atomic E-state index is 13.9. The molecule has 0 saturated heterocycles. The van der Waals surface area contributed by atoms with Crippen molar-refractivity contribution in [3.8, 4) is 0 Å². The van der Waals surface area contributed by atoms with Gasteiger partial charge in [0.15, 0.2) is 0 Å². The summed E-state index contributed by atoms with van der Waals surface area (Å²) in [6.45, 7) is 6.03. The molecule has 0 unspecified atom stereocenters. The highest BCUT2D eigenvalue weighted by Crippen LogP contribution is 2.24. The molecule has 0 saturated carbocycles. The summed E-state index contributed by atoms with van der Waals surface area (Å²) in [5.41, 5.74) is 2.31. The second kappa shape index (κ2) is 13.1. The zero-order valence-electron chi connectivity index (χ0n) is 21.6. The van der Waals surface area contributed by atoms with E-state index in [1.807, 2.05) is 45.0 Å². The summed E-state index contributed by atoms with van der Waals surface area (Å²) in [6, 6.07) is 23.6. The molecule has 196 valence electrons. The number of para-hydroxylation sites is 1. The summed E-state index contributed by atoms with van der Waals surface area (Å²) < 4.78 is 28.5. The van der Waals surface area contributed by atoms with Crippen LogP contribution in [0.2, 0.25) is 0 Å². The second-order valence-electron chi connectivity index (χ2n) is 8.88. The lowest BCUT2D eigenvalue weighted by Crippen LogP contribution is -2.52. The minimum absolute atomic E-state index is 0.0875. The van der Waals surface area contributed by atoms with Gasteiger partial charge < -0.3 is 10.2 Å². The van der Waals surface area contributed by atoms with Gasteiger partial charge in [-0.2, -0.15) is 0 Å². The van der Waals surface area contributed by atoms with Gasteiger partial charge in [-0.25, -0.2) is 8.42 Å². The van der Waals surface area contributed by atoms with Crippen molar-refractivity contribution in [3.63, 3.8) is 0 Å². The van der Waals surface area contributed by atoms with E-state index in [1.54, 1.807) is 48.5 Å². The third kappa shape index (κ3) is 7.20. The molecule has 2 amide bonds. The molecule has 0 radical (unpaired) electrons. The van der Waals surface area contributed by atoms with Crippen LogP contribution in [0.5, 0.6) is 0 Å². The maximum Gasteiger partial charge on any atom is 0.264 e. The zero-order valence-corrected chi connectivity index (χ0v) is 22.4. The highest BCUT2D eigenvalue weighted by molar-refractivity contribution is 7.92. The van der Waals surface area contributed by atoms with Crippen LogP contribution in [0, 0.1) is 6.92 Å². The minimum atomic E-state index is -4.04. The van der Waals surface area contributed by atoms with Crippen molar-refractivity contribution >= 4 is 27.5 Å². The first kappa shape index (κ1) is 27.9. The summed E-state index contributed by atoms with van der Waals surface area (Å²) in [7, 11) is -4.04. The smallest absolute Gasteiger partial charge is 0.264 e. The van der Waals surface area contributed by atoms with Crippen molar-refractivity contribution in [3.05, 3.63) is 96.1 Å². The first-order chi connectivity index (χ1) is 17.8. The molecule has 0 aliphatic carbocycles. The van der Waals surface area contributed by atoms with E-state index in [2.05, 4.69) is 5.32 Å². The summed E-state index contributed by atoms with van der Waals surface area (Å²) in [5, 5.41) is 2.89. The molecule has 0 fully saturated rings. The molecule has 0 aliphatic heterocycles. The molecule has 8 heteroatoms. The maximum atomic E-state index is 13.9. The van der Waals surface area contributed by atoms with Crippen molar-refractivity contribution in [2.24, 2.45) is 0 Å². The van der Waals surface area contributed by atoms with Crippen LogP contribution in [0.15, 0.2) is 89.8 Å². The molecule has 3 aromatic rings. The molecule has 0 spiro atoms. The molecule has 0 aromatic heterocycles. The van der Waals surface area contributed by atoms with E-state index in [9.17, 15) is 18.0 Å². The number of anilines is 1. The molecule has 3 rings (SSSR count). The number of carbonyl (C=O) groups is 2. The Bertz CT molecular complexity index is 1260. The van der Waals surface area contributed by atoms with Gasteiger partial charge in [-0.3, -0.25) is 13.9 Å². The number of nitrogens with zero attached hydrogens (tertiary/aromatic N) is 2. The van der Waals surface area contributed by atoms with E-state index in [1.165, 1.54) is 17.0 Å². The van der Waals surface area contributed by atoms with Crippen molar-refractivity contribution in [2.45, 2.75) is 51.1 Å². The summed E-state index contributed by atoms with van der Waals surface area (Å²) in [4.78, 5) is 28.5. The van der Waals surface area contributed by atoms with Crippen LogP contribution in [-0.2, 0) is 26.2 Å². The Balaban J connectivity index is 2.00. The van der Waals surface area contributed by atoms with Gasteiger partial charge in [0, 0.05) is 13.1 Å². The first-order valence-electron chi connectivity index (χ1n) is 12.5. The van der Waals surface area contributed by atoms with Crippen LogP contribution < -0.4 is 9.62 Å². The SMILES string of the molecule is CCCNC(=O)[C@H](CC)N(Cc1ccc(C)cc1)C(=O)CN(c1ccccc1)S(=O)(=O)c1ccccc1. The van der Waals surface area contributed by atoms with Gasteiger partial charge in [-0.1, -0.05) is 80.1 Å². The molecular weight excluding hydrogens is 486 g/mol. The predicted molar refractivity (Wildman–Crippen MR) is 147 cm³/mol. The van der Waals surface area contributed by atoms with Gasteiger partial charge in [0.05, 0.1) is 10.6 Å². The zero-order chi connectivity index (χ0) is 26.8. The fourth-order valence-electron chi connectivity index (χ4n) is 4.02. The van der Waals surface area contributed by atoms with E-state index in [4.69, 9.17) is 0 Å². The number of hydrogen-bond acceptors (Lipinski definition) is 4. The van der Waals surface area contributed by atoms with Gasteiger partial charge in [-0.05, 0) is 49.6 Å². The van der Waals surface area contributed by atoms with Crippen LogP contribution in [0.4, 0.5) is 5.69 Å². The lowest BCUT2D eigenvalue weighted by molar-refractivity contribution is -0.140. The Morgan fingerprint density at radius 3 is 2.03 bits per heavy atom. The van der Waals surface area contributed by atoms with Crippen molar-refractivity contribution in [1.82, 2.24) is 10.2 Å². The molecule has 1 atom stereocenters. The Labute approximate surface area is 220 Å². The number of carbonyl (C=O) groups excluding carboxylic acids is 2. The van der Waals surface area contributed by atoms with Crippen LogP contribution in [0.25, 0.3) is 0 Å². The van der Waals surface area contributed by atoms with Gasteiger partial charge in [0.25, 0.3) is 10.0 Å². The molecule has 3 aromatic carbocycles. The van der Waals surface area contributed by atoms with Gasteiger partial charge in [0.1, 0.15) is 12.6 Å². The number of rotatable bonds is 12. The molecule has 0 bridgehead atoms. The molecule has 0 heterocycles. The Kier molecular flexibility index (Phi) is 9.85. The number of benzene rings is 3. The van der Waals surface area contributed by atoms with Crippen LogP contribution in [0.1, 0.15) is 37.8 Å². The fourth-order valence-corrected chi connectivity index (χ4v) is 5.45. The van der Waals surface area contributed by atoms with Gasteiger partial charge in [0.2, 0.25) is 11.8 Å². The van der Waals surface area contributed by atoms with E-state index < -0.39 is 28.5 Å². The largest absolute Gasteiger partial charge is 0.354 e. The molecule has 37 heavy (non-hydrogen) atoms. The number of amides is 2. The molecule has 7 nitrogen and oxygen atoms in total. The summed E-state index contributed by atoms with van der Waals surface area (Å²) in [5.74, 6) is -0.704. The molecule has 0 aliphatic rings. The molecule has 1 N–H and O–H groups in total. The van der Waals surface area contributed by atoms with Crippen LogP contribution >= 0.6 is 0 Å². The highest BCUT2D eigenvalue weighted by Gasteiger charge is 2.33. The van der Waals surface area contributed by atoms with Crippen molar-refractivity contribution in [2.75, 3.05) is 17.4 Å². The fraction of sp³-hybridized carbons (Fsp3) is 0.310. The van der Waals surface area contributed by atoms with E-state index >= 15 is 0 Å². The van der Waals surface area contributed by atoms with E-state index in [0.29, 0.717) is 18.7 Å². The van der Waals surface area contributed by atoms with Crippen molar-refractivity contribution < 1.29 is 18.0 Å². The monoisotopic (exact) mass is 521 g/mol. The number of nitrogens with one attached hydrogen (secondary N) is 1. The minimum Gasteiger partial charge on any atom is -0.354 e. The van der Waals surface area contributed by atoms with E-state index in [-0.39, 0.29) is 17.3 Å². The average molecular weight is 522 g/mol. The highest BCUT2D eigenvalue weighted by atomic mass is 32.2. The molecular formula is C29H35N3O4S. The first-order valence-corrected chi connectivity index (χ1v) is 14.0. The normalized spacial score (nSPS) is 12.0. The summed E-state index contributed by atoms with van der Waals surface area (Å²) >= 11 is 0. The lowest BCUT2D eigenvalue weighted by Gasteiger charge is -2.33. The Morgan fingerprint density at radius 1 is 0.865 bits per heavy atom. The van der Waals surface area contributed by atoms with Crippen LogP contribution in [0.3, 0.4) is 0 Å². The van der Waals surface area contributed by atoms with E-state index in [0.717, 1.165) is 21.9 Å². The quantitative estimate of drug-likeness (QED) is 0.380. The number of hydrogen-bond donors (Lipinski definition) is 1. The van der Waals surface area contributed by atoms with Gasteiger partial charge in [-0.15, -0.1) is 0 Å². The predicted octanol–water partition coefficient (Wildman–Crippen LogP) is 4.52. The lowest BCUT2D eigenvalue weighted by atomic mass is 10.1. The standard InChI is InChI=1S/C29H35N3O4S/c1-4-20-30-29(34)27(5-2)31(21-24-18-16-23(3)17-19-24)28(33)22-32(25-12-8-6-9-13-25)37(35,36)26-14-10-7-11-15-26/h6-19,27H,4-5,20-22H2,1-3H3,(H,30,34)/t27-/m0/s1. The average Bonchev–Trinajstić information content (AvgIpc) is 2.92. The number of aryl methyl sites for hydroxylation is 1. The second-order valence-corrected chi connectivity index (χ2v) is 10.7. The van der Waals surface area contributed by atoms with Crippen molar-refractivity contribution in [1.29, 1.82) is 0 Å². The van der Waals surface area contributed by atoms with Gasteiger partial charge >= 0.3 is 0 Å². The Morgan fingerprint density at radius 2 is 1.46 bits per heavy atom. The third-order valence-electron chi connectivity index (χ3n) is 6.06. The number of sulfonamides is 1.